The van der Waals surface area contributed by atoms with Crippen LogP contribution in [0.25, 0.3) is 11.3 Å². The minimum Gasteiger partial charge on any atom is -0.333 e. The Kier molecular flexibility index (Phi) is 4.37. The number of H-pyrrole nitrogens is 1. The van der Waals surface area contributed by atoms with Crippen molar-refractivity contribution in [2.75, 3.05) is 7.05 Å². The summed E-state index contributed by atoms with van der Waals surface area (Å²) in [7, 11) is 1.77. The van der Waals surface area contributed by atoms with Gasteiger partial charge in [-0.15, -0.1) is 0 Å². The summed E-state index contributed by atoms with van der Waals surface area (Å²) >= 11 is 0. The molecule has 1 atom stereocenters. The molecule has 1 N–H and O–H groups in total. The molecule has 1 aromatic carbocycles. The fraction of sp³-hybridized carbons (Fsp3) is 0.222. The number of carbonyl (C=O) groups is 1. The highest BCUT2D eigenvalue weighted by Crippen LogP contribution is 2.25. The predicted molar refractivity (Wildman–Crippen MR) is 91.3 cm³/mol. The predicted octanol–water partition coefficient (Wildman–Crippen LogP) is 3.01. The first kappa shape index (κ1) is 15.9. The highest BCUT2D eigenvalue weighted by atomic mass is 16.2. The van der Waals surface area contributed by atoms with Crippen molar-refractivity contribution >= 4 is 5.91 Å². The summed E-state index contributed by atoms with van der Waals surface area (Å²) in [6.07, 6.45) is 4.73. The van der Waals surface area contributed by atoms with Crippen LogP contribution in [0, 0.1) is 6.92 Å². The number of hydrogen-bond acceptors (Lipinski definition) is 4. The van der Waals surface area contributed by atoms with E-state index in [4.69, 9.17) is 0 Å². The molecule has 0 saturated heterocycles. The molecule has 0 aliphatic rings. The minimum atomic E-state index is -0.166. The lowest BCUT2D eigenvalue weighted by Gasteiger charge is -2.24. The van der Waals surface area contributed by atoms with Crippen molar-refractivity contribution in [1.29, 1.82) is 0 Å². The Labute approximate surface area is 140 Å². The monoisotopic (exact) mass is 321 g/mol. The van der Waals surface area contributed by atoms with Crippen LogP contribution >= 0.6 is 0 Å². The lowest BCUT2D eigenvalue weighted by Crippen LogP contribution is -2.30. The van der Waals surface area contributed by atoms with E-state index in [9.17, 15) is 4.79 Å². The zero-order valence-electron chi connectivity index (χ0n) is 13.9. The van der Waals surface area contributed by atoms with E-state index in [1.54, 1.807) is 24.3 Å². The maximum atomic E-state index is 12.9. The lowest BCUT2D eigenvalue weighted by atomic mass is 10.0. The van der Waals surface area contributed by atoms with E-state index in [0.29, 0.717) is 5.56 Å². The van der Waals surface area contributed by atoms with Gasteiger partial charge in [-0.1, -0.05) is 23.8 Å². The van der Waals surface area contributed by atoms with Gasteiger partial charge in [0.15, 0.2) is 0 Å². The molecule has 0 saturated carbocycles. The first-order valence-electron chi connectivity index (χ1n) is 7.71. The van der Waals surface area contributed by atoms with Gasteiger partial charge < -0.3 is 4.90 Å². The summed E-state index contributed by atoms with van der Waals surface area (Å²) in [5.74, 6) is -0.105. The summed E-state index contributed by atoms with van der Waals surface area (Å²) in [6.45, 7) is 3.96. The van der Waals surface area contributed by atoms with Gasteiger partial charge in [0.2, 0.25) is 0 Å². The van der Waals surface area contributed by atoms with Crippen LogP contribution in [0.15, 0.2) is 49.1 Å². The van der Waals surface area contributed by atoms with Crippen molar-refractivity contribution in [2.45, 2.75) is 19.9 Å². The van der Waals surface area contributed by atoms with E-state index >= 15 is 0 Å². The van der Waals surface area contributed by atoms with Gasteiger partial charge in [0, 0.05) is 18.8 Å². The van der Waals surface area contributed by atoms with Gasteiger partial charge in [-0.3, -0.25) is 9.89 Å². The van der Waals surface area contributed by atoms with Crippen molar-refractivity contribution in [3.05, 3.63) is 65.9 Å². The molecule has 6 nitrogen and oxygen atoms in total. The molecule has 3 rings (SSSR count). The van der Waals surface area contributed by atoms with Crippen LogP contribution in [0.2, 0.25) is 0 Å². The largest absolute Gasteiger partial charge is 0.333 e. The Morgan fingerprint density at radius 3 is 2.83 bits per heavy atom. The first-order chi connectivity index (χ1) is 11.6. The quantitative estimate of drug-likeness (QED) is 0.801. The molecule has 6 heteroatoms. The number of nitrogens with zero attached hydrogens (tertiary/aromatic N) is 4. The molecule has 122 valence electrons. The number of amides is 1. The molecule has 2 heterocycles. The van der Waals surface area contributed by atoms with Crippen LogP contribution in [0.4, 0.5) is 0 Å². The second-order valence-electron chi connectivity index (χ2n) is 5.75. The smallest absolute Gasteiger partial charge is 0.257 e. The van der Waals surface area contributed by atoms with Crippen LogP contribution < -0.4 is 0 Å². The molecule has 24 heavy (non-hydrogen) atoms. The number of aromatic nitrogens is 4. The summed E-state index contributed by atoms with van der Waals surface area (Å²) in [4.78, 5) is 22.7. The maximum Gasteiger partial charge on any atom is 0.257 e. The van der Waals surface area contributed by atoms with Gasteiger partial charge in [0.1, 0.15) is 6.33 Å². The normalized spacial score (nSPS) is 12.0. The second kappa shape index (κ2) is 6.62. The Morgan fingerprint density at radius 2 is 2.12 bits per heavy atom. The van der Waals surface area contributed by atoms with Crippen molar-refractivity contribution in [1.82, 2.24) is 25.1 Å². The molecule has 1 amide bonds. The Bertz CT molecular complexity index is 843. The number of nitrogens with one attached hydrogen (secondary N) is 1. The molecule has 0 fully saturated rings. The average molecular weight is 321 g/mol. The van der Waals surface area contributed by atoms with E-state index in [1.165, 1.54) is 6.33 Å². The number of aryl methyl sites for hydroxylation is 1. The van der Waals surface area contributed by atoms with Gasteiger partial charge in [-0.2, -0.15) is 5.10 Å². The molecule has 0 aliphatic carbocycles. The Hall–Kier alpha value is -3.02. The third-order valence-electron chi connectivity index (χ3n) is 4.11. The van der Waals surface area contributed by atoms with Gasteiger partial charge in [0.25, 0.3) is 5.91 Å². The molecule has 0 radical (unpaired) electrons. The summed E-state index contributed by atoms with van der Waals surface area (Å²) in [5.41, 5.74) is 4.14. The molecule has 3 aromatic rings. The molecular formula is C18H19N5O. The highest BCUT2D eigenvalue weighted by Gasteiger charge is 2.23. The fourth-order valence-electron chi connectivity index (χ4n) is 2.58. The lowest BCUT2D eigenvalue weighted by molar-refractivity contribution is 0.0740. The molecule has 2 aromatic heterocycles. The Balaban J connectivity index is 1.90. The zero-order valence-corrected chi connectivity index (χ0v) is 13.9. The van der Waals surface area contributed by atoms with Crippen LogP contribution in [0.1, 0.15) is 34.6 Å². The van der Waals surface area contributed by atoms with Crippen molar-refractivity contribution in [3.8, 4) is 11.3 Å². The molecule has 0 bridgehead atoms. The summed E-state index contributed by atoms with van der Waals surface area (Å²) in [5, 5.41) is 7.01. The number of hydrogen-bond donors (Lipinski definition) is 1. The maximum absolute atomic E-state index is 12.9. The SMILES string of the molecule is Cc1cccc(-c2[nH]ncc2C(=O)N(C)C(C)c2ccncn2)c1. The summed E-state index contributed by atoms with van der Waals surface area (Å²) in [6, 6.07) is 9.62. The van der Waals surface area contributed by atoms with Crippen LogP contribution in [-0.2, 0) is 0 Å². The van der Waals surface area contributed by atoms with Gasteiger partial charge in [0.05, 0.1) is 29.2 Å². The van der Waals surface area contributed by atoms with Crippen molar-refractivity contribution < 1.29 is 4.79 Å². The third kappa shape index (κ3) is 3.03. The Morgan fingerprint density at radius 1 is 1.29 bits per heavy atom. The van der Waals surface area contributed by atoms with E-state index in [1.807, 2.05) is 44.2 Å². The standard InChI is InChI=1S/C18H19N5O/c1-12-5-4-6-14(9-12)17-15(10-21-22-17)18(24)23(3)13(2)16-7-8-19-11-20-16/h4-11,13H,1-3H3,(H,21,22). The first-order valence-corrected chi connectivity index (χ1v) is 7.71. The van der Waals surface area contributed by atoms with Crippen molar-refractivity contribution in [2.24, 2.45) is 0 Å². The summed E-state index contributed by atoms with van der Waals surface area (Å²) < 4.78 is 0. The molecule has 0 aliphatic heterocycles. The number of aromatic amines is 1. The second-order valence-corrected chi connectivity index (χ2v) is 5.75. The van der Waals surface area contributed by atoms with E-state index in [2.05, 4.69) is 20.2 Å². The molecule has 0 spiro atoms. The highest BCUT2D eigenvalue weighted by molar-refractivity contribution is 5.99. The van der Waals surface area contributed by atoms with Gasteiger partial charge in [-0.25, -0.2) is 9.97 Å². The fourth-order valence-corrected chi connectivity index (χ4v) is 2.58. The van der Waals surface area contributed by atoms with Crippen LogP contribution in [0.3, 0.4) is 0 Å². The van der Waals surface area contributed by atoms with Crippen LogP contribution in [-0.4, -0.2) is 38.0 Å². The molecule has 1 unspecified atom stereocenters. The zero-order chi connectivity index (χ0) is 17.1. The van der Waals surface area contributed by atoms with E-state index in [-0.39, 0.29) is 11.9 Å². The third-order valence-corrected chi connectivity index (χ3v) is 4.11. The number of carbonyl (C=O) groups excluding carboxylic acids is 1. The van der Waals surface area contributed by atoms with Crippen LogP contribution in [0.5, 0.6) is 0 Å². The van der Waals surface area contributed by atoms with E-state index < -0.39 is 0 Å². The van der Waals surface area contributed by atoms with Crippen molar-refractivity contribution in [3.63, 3.8) is 0 Å². The topological polar surface area (TPSA) is 74.8 Å². The average Bonchev–Trinajstić information content (AvgIpc) is 3.10. The van der Waals surface area contributed by atoms with Gasteiger partial charge in [-0.05, 0) is 26.0 Å². The number of rotatable bonds is 4. The van der Waals surface area contributed by atoms with E-state index in [0.717, 1.165) is 22.5 Å². The number of benzene rings is 1. The van der Waals surface area contributed by atoms with Gasteiger partial charge >= 0.3 is 0 Å². The minimum absolute atomic E-state index is 0.105. The molecular weight excluding hydrogens is 302 g/mol.